The molecular formula is C20H21N. The van der Waals surface area contributed by atoms with Gasteiger partial charge in [-0.3, -0.25) is 0 Å². The van der Waals surface area contributed by atoms with E-state index < -0.39 is 0 Å². The Balaban J connectivity index is 1.96. The zero-order valence-corrected chi connectivity index (χ0v) is 12.7. The van der Waals surface area contributed by atoms with Gasteiger partial charge in [-0.2, -0.15) is 0 Å². The average Bonchev–Trinajstić information content (AvgIpc) is 3.33. The van der Waals surface area contributed by atoms with Crippen molar-refractivity contribution >= 4 is 10.9 Å². The molecule has 0 saturated heterocycles. The third-order valence-electron chi connectivity index (χ3n) is 4.84. The second-order valence-electron chi connectivity index (χ2n) is 6.26. The molecule has 1 nitrogen and oxygen atoms in total. The number of hydrogen-bond acceptors (Lipinski definition) is 0. The number of nitrogens with zero attached hydrogens (tertiary/aromatic N) is 1. The predicted octanol–water partition coefficient (Wildman–Crippen LogP) is 5.44. The summed E-state index contributed by atoms with van der Waals surface area (Å²) in [4.78, 5) is 0. The Morgan fingerprint density at radius 2 is 1.62 bits per heavy atom. The van der Waals surface area contributed by atoms with Crippen molar-refractivity contribution in [3.05, 3.63) is 71.4 Å². The second-order valence-corrected chi connectivity index (χ2v) is 6.26. The van der Waals surface area contributed by atoms with Crippen LogP contribution < -0.4 is 0 Å². The summed E-state index contributed by atoms with van der Waals surface area (Å²) in [5.74, 6) is 0.767. The Morgan fingerprint density at radius 3 is 2.33 bits per heavy atom. The van der Waals surface area contributed by atoms with Crippen molar-refractivity contribution in [1.29, 1.82) is 0 Å². The summed E-state index contributed by atoms with van der Waals surface area (Å²) >= 11 is 0. The first-order valence-corrected chi connectivity index (χ1v) is 7.91. The van der Waals surface area contributed by atoms with Gasteiger partial charge in [0.05, 0.1) is 6.04 Å². The van der Waals surface area contributed by atoms with Crippen LogP contribution in [0.3, 0.4) is 0 Å². The fraction of sp³-hybridized carbons (Fsp3) is 0.300. The molecule has 1 aromatic heterocycles. The molecule has 0 radical (unpaired) electrons. The molecule has 0 aliphatic heterocycles. The first-order chi connectivity index (χ1) is 10.3. The smallest absolute Gasteiger partial charge is 0.0560 e. The van der Waals surface area contributed by atoms with Crippen LogP contribution in [0.25, 0.3) is 10.9 Å². The predicted molar refractivity (Wildman–Crippen MR) is 88.9 cm³/mol. The SMILES string of the molecule is Cc1c(C2CC2)n(C(C)c2ccccc2)c2ccccc12. The lowest BCUT2D eigenvalue weighted by Gasteiger charge is -2.20. The van der Waals surface area contributed by atoms with Crippen molar-refractivity contribution < 1.29 is 0 Å². The van der Waals surface area contributed by atoms with Gasteiger partial charge in [0.25, 0.3) is 0 Å². The van der Waals surface area contributed by atoms with Gasteiger partial charge in [-0.15, -0.1) is 0 Å². The highest BCUT2D eigenvalue weighted by atomic mass is 15.0. The van der Waals surface area contributed by atoms with Crippen molar-refractivity contribution in [2.45, 2.75) is 38.6 Å². The summed E-state index contributed by atoms with van der Waals surface area (Å²) in [5.41, 5.74) is 5.82. The fourth-order valence-electron chi connectivity index (χ4n) is 3.61. The molecule has 0 spiro atoms. The van der Waals surface area contributed by atoms with Gasteiger partial charge in [-0.1, -0.05) is 48.5 Å². The monoisotopic (exact) mass is 275 g/mol. The molecule has 21 heavy (non-hydrogen) atoms. The molecule has 1 heteroatoms. The van der Waals surface area contributed by atoms with Gasteiger partial charge in [0.1, 0.15) is 0 Å². The van der Waals surface area contributed by atoms with Crippen LogP contribution in [-0.4, -0.2) is 4.57 Å². The number of aromatic nitrogens is 1. The van der Waals surface area contributed by atoms with Crippen molar-refractivity contribution in [1.82, 2.24) is 4.57 Å². The van der Waals surface area contributed by atoms with Crippen LogP contribution >= 0.6 is 0 Å². The summed E-state index contributed by atoms with van der Waals surface area (Å²) in [5, 5.41) is 1.42. The molecule has 106 valence electrons. The van der Waals surface area contributed by atoms with Gasteiger partial charge in [-0.05, 0) is 49.8 Å². The number of benzene rings is 2. The summed E-state index contributed by atoms with van der Waals surface area (Å²) < 4.78 is 2.58. The van der Waals surface area contributed by atoms with E-state index in [9.17, 15) is 0 Å². The largest absolute Gasteiger partial charge is 0.337 e. The minimum atomic E-state index is 0.389. The van der Waals surface area contributed by atoms with Crippen LogP contribution in [0.4, 0.5) is 0 Å². The highest BCUT2D eigenvalue weighted by Gasteiger charge is 2.31. The third kappa shape index (κ3) is 1.99. The van der Waals surface area contributed by atoms with Crippen LogP contribution in [0.5, 0.6) is 0 Å². The summed E-state index contributed by atoms with van der Waals surface area (Å²) in [6.07, 6.45) is 2.69. The lowest BCUT2D eigenvalue weighted by atomic mass is 10.1. The zero-order chi connectivity index (χ0) is 14.4. The number of hydrogen-bond donors (Lipinski definition) is 0. The van der Waals surface area contributed by atoms with Gasteiger partial charge in [-0.25, -0.2) is 0 Å². The molecular weight excluding hydrogens is 254 g/mol. The van der Waals surface area contributed by atoms with E-state index in [0.717, 1.165) is 5.92 Å². The van der Waals surface area contributed by atoms with Gasteiger partial charge in [0.15, 0.2) is 0 Å². The summed E-state index contributed by atoms with van der Waals surface area (Å²) in [7, 11) is 0. The molecule has 4 rings (SSSR count). The first kappa shape index (κ1) is 12.7. The molecule has 1 unspecified atom stereocenters. The van der Waals surface area contributed by atoms with E-state index in [1.807, 2.05) is 0 Å². The van der Waals surface area contributed by atoms with Gasteiger partial charge >= 0.3 is 0 Å². The maximum atomic E-state index is 2.58. The number of fused-ring (bicyclic) bond motifs is 1. The van der Waals surface area contributed by atoms with Gasteiger partial charge in [0.2, 0.25) is 0 Å². The topological polar surface area (TPSA) is 4.93 Å². The summed E-state index contributed by atoms with van der Waals surface area (Å²) in [6.45, 7) is 4.62. The molecule has 1 heterocycles. The normalized spacial score (nSPS) is 16.3. The minimum absolute atomic E-state index is 0.389. The quantitative estimate of drug-likeness (QED) is 0.600. The van der Waals surface area contributed by atoms with Crippen LogP contribution in [0.15, 0.2) is 54.6 Å². The number of rotatable bonds is 3. The molecule has 2 aromatic carbocycles. The molecule has 3 aromatic rings. The van der Waals surface area contributed by atoms with E-state index in [-0.39, 0.29) is 0 Å². The van der Waals surface area contributed by atoms with Crippen LogP contribution in [0.1, 0.15) is 48.5 Å². The minimum Gasteiger partial charge on any atom is -0.337 e. The van der Waals surface area contributed by atoms with Gasteiger partial charge in [0, 0.05) is 16.6 Å². The molecule has 1 aliphatic carbocycles. The molecule has 0 amide bonds. The Kier molecular flexibility index (Phi) is 2.88. The highest BCUT2D eigenvalue weighted by molar-refractivity contribution is 5.86. The van der Waals surface area contributed by atoms with Crippen molar-refractivity contribution in [2.24, 2.45) is 0 Å². The van der Waals surface area contributed by atoms with E-state index >= 15 is 0 Å². The van der Waals surface area contributed by atoms with E-state index in [1.165, 1.54) is 34.9 Å². The fourth-order valence-corrected chi connectivity index (χ4v) is 3.61. The molecule has 1 atom stereocenters. The van der Waals surface area contributed by atoms with E-state index in [1.54, 1.807) is 5.69 Å². The molecule has 1 saturated carbocycles. The maximum absolute atomic E-state index is 2.58. The van der Waals surface area contributed by atoms with Crippen LogP contribution in [0, 0.1) is 6.92 Å². The van der Waals surface area contributed by atoms with Gasteiger partial charge < -0.3 is 4.57 Å². The lowest BCUT2D eigenvalue weighted by Crippen LogP contribution is -2.10. The van der Waals surface area contributed by atoms with Crippen LogP contribution in [-0.2, 0) is 0 Å². The number of aryl methyl sites for hydroxylation is 1. The molecule has 1 fully saturated rings. The molecule has 0 bridgehead atoms. The third-order valence-corrected chi connectivity index (χ3v) is 4.84. The van der Waals surface area contributed by atoms with Crippen molar-refractivity contribution in [2.75, 3.05) is 0 Å². The molecule has 1 aliphatic rings. The Labute approximate surface area is 126 Å². The Bertz CT molecular complexity index is 778. The van der Waals surface area contributed by atoms with Crippen molar-refractivity contribution in [3.63, 3.8) is 0 Å². The molecule has 0 N–H and O–H groups in total. The standard InChI is InChI=1S/C20H21N/c1-14-18-10-6-7-11-19(18)21(20(14)17-12-13-17)15(2)16-8-4-3-5-9-16/h3-11,15,17H,12-13H2,1-2H3. The first-order valence-electron chi connectivity index (χ1n) is 7.91. The van der Waals surface area contributed by atoms with E-state index in [4.69, 9.17) is 0 Å². The number of para-hydroxylation sites is 1. The zero-order valence-electron chi connectivity index (χ0n) is 12.7. The van der Waals surface area contributed by atoms with E-state index in [0.29, 0.717) is 6.04 Å². The Morgan fingerprint density at radius 1 is 0.952 bits per heavy atom. The van der Waals surface area contributed by atoms with Crippen LogP contribution in [0.2, 0.25) is 0 Å². The Hall–Kier alpha value is -2.02. The maximum Gasteiger partial charge on any atom is 0.0560 e. The summed E-state index contributed by atoms with van der Waals surface area (Å²) in [6, 6.07) is 20.1. The van der Waals surface area contributed by atoms with E-state index in [2.05, 4.69) is 73.0 Å². The second kappa shape index (κ2) is 4.77. The lowest BCUT2D eigenvalue weighted by molar-refractivity contribution is 0.629. The van der Waals surface area contributed by atoms with Crippen molar-refractivity contribution in [3.8, 4) is 0 Å². The average molecular weight is 275 g/mol. The highest BCUT2D eigenvalue weighted by Crippen LogP contribution is 2.46.